The van der Waals surface area contributed by atoms with Crippen molar-refractivity contribution >= 4 is 22.9 Å². The number of hydrogen-bond donors (Lipinski definition) is 0. The number of aromatic nitrogens is 1. The van der Waals surface area contributed by atoms with Gasteiger partial charge in [-0.1, -0.05) is 0 Å². The minimum atomic E-state index is -1.07. The molecule has 0 radical (unpaired) electrons. The Balaban J connectivity index is 1.83. The highest BCUT2D eigenvalue weighted by atomic mass is 32.2. The normalized spacial score (nSPS) is 17.4. The number of benzene rings is 1. The average molecular weight is 359 g/mol. The van der Waals surface area contributed by atoms with Gasteiger partial charge in [0.2, 0.25) is 5.78 Å². The molecule has 1 aromatic heterocycles. The van der Waals surface area contributed by atoms with Crippen LogP contribution in [0.1, 0.15) is 47.9 Å². The lowest BCUT2D eigenvalue weighted by atomic mass is 10.1. The summed E-state index contributed by atoms with van der Waals surface area (Å²) in [6, 6.07) is 10.4. The zero-order valence-electron chi connectivity index (χ0n) is 14.5. The molecule has 5 nitrogen and oxygen atoms in total. The number of carbonyl (C=O) groups is 2. The third-order valence-electron chi connectivity index (χ3n) is 4.33. The fourth-order valence-electron chi connectivity index (χ4n) is 3.14. The van der Waals surface area contributed by atoms with Crippen LogP contribution in [0.3, 0.4) is 0 Å². The van der Waals surface area contributed by atoms with Gasteiger partial charge in [-0.2, -0.15) is 0 Å². The molecule has 1 aliphatic heterocycles. The van der Waals surface area contributed by atoms with Crippen molar-refractivity contribution in [3.05, 3.63) is 53.3 Å². The Kier molecular flexibility index (Phi) is 5.01. The quantitative estimate of drug-likeness (QED) is 0.467. The topological polar surface area (TPSA) is 71.4 Å². The lowest BCUT2D eigenvalue weighted by molar-refractivity contribution is -0.149. The van der Waals surface area contributed by atoms with Crippen molar-refractivity contribution in [2.45, 2.75) is 43.7 Å². The molecule has 25 heavy (non-hydrogen) atoms. The largest absolute Gasteiger partial charge is 0.612 e. The van der Waals surface area contributed by atoms with E-state index in [-0.39, 0.29) is 23.8 Å². The molecule has 0 saturated heterocycles. The Morgan fingerprint density at radius 2 is 1.88 bits per heavy atom. The van der Waals surface area contributed by atoms with E-state index >= 15 is 0 Å². The highest BCUT2D eigenvalue weighted by Crippen LogP contribution is 2.32. The molecule has 6 heteroatoms. The van der Waals surface area contributed by atoms with Crippen molar-refractivity contribution in [1.82, 2.24) is 4.57 Å². The zero-order valence-corrected chi connectivity index (χ0v) is 15.3. The summed E-state index contributed by atoms with van der Waals surface area (Å²) >= 11 is -1.07. The van der Waals surface area contributed by atoms with Gasteiger partial charge in [-0.25, -0.2) is 0 Å². The molecule has 2 aromatic rings. The summed E-state index contributed by atoms with van der Waals surface area (Å²) in [5, 5.41) is 0. The molecular formula is C19H21NO4S. The van der Waals surface area contributed by atoms with E-state index in [4.69, 9.17) is 4.74 Å². The maximum Gasteiger partial charge on any atom is 0.315 e. The van der Waals surface area contributed by atoms with Gasteiger partial charge in [-0.15, -0.1) is 0 Å². The van der Waals surface area contributed by atoms with Gasteiger partial charge in [0.15, 0.2) is 4.90 Å². The molecule has 0 amide bonds. The van der Waals surface area contributed by atoms with Gasteiger partial charge in [0.1, 0.15) is 6.26 Å². The third kappa shape index (κ3) is 3.50. The van der Waals surface area contributed by atoms with Crippen molar-refractivity contribution in [2.75, 3.05) is 6.26 Å². The van der Waals surface area contributed by atoms with E-state index in [9.17, 15) is 14.1 Å². The molecule has 132 valence electrons. The molecule has 1 aliphatic rings. The van der Waals surface area contributed by atoms with E-state index in [1.54, 1.807) is 36.6 Å². The van der Waals surface area contributed by atoms with E-state index < -0.39 is 11.2 Å². The number of ketones is 1. The van der Waals surface area contributed by atoms with Crippen molar-refractivity contribution in [1.29, 1.82) is 0 Å². The van der Waals surface area contributed by atoms with Crippen LogP contribution in [0.5, 0.6) is 0 Å². The van der Waals surface area contributed by atoms with Crippen LogP contribution in [0.4, 0.5) is 0 Å². The minimum absolute atomic E-state index is 0.0995. The Morgan fingerprint density at radius 3 is 2.48 bits per heavy atom. The average Bonchev–Trinajstić information content (AvgIpc) is 3.15. The molecule has 3 rings (SSSR count). The zero-order chi connectivity index (χ0) is 18.1. The number of hydrogen-bond acceptors (Lipinski definition) is 4. The third-order valence-corrected chi connectivity index (χ3v) is 5.27. The first kappa shape index (κ1) is 17.8. The Morgan fingerprint density at radius 1 is 1.20 bits per heavy atom. The lowest BCUT2D eigenvalue weighted by Gasteiger charge is -2.12. The summed E-state index contributed by atoms with van der Waals surface area (Å²) in [6.45, 7) is 4.28. The van der Waals surface area contributed by atoms with Crippen molar-refractivity contribution in [2.24, 2.45) is 0 Å². The first-order valence-electron chi connectivity index (χ1n) is 8.26. The van der Waals surface area contributed by atoms with Gasteiger partial charge >= 0.3 is 5.97 Å². The second-order valence-corrected chi connectivity index (χ2v) is 7.81. The van der Waals surface area contributed by atoms with Crippen LogP contribution in [0.2, 0.25) is 0 Å². The summed E-state index contributed by atoms with van der Waals surface area (Å²) in [4.78, 5) is 25.7. The summed E-state index contributed by atoms with van der Waals surface area (Å²) in [7, 11) is 0. The fourth-order valence-corrected chi connectivity index (χ4v) is 3.66. The van der Waals surface area contributed by atoms with Crippen LogP contribution in [0.15, 0.2) is 41.3 Å². The molecule has 0 bridgehead atoms. The maximum atomic E-state index is 12.8. The lowest BCUT2D eigenvalue weighted by Crippen LogP contribution is -2.18. The SMILES string of the molecule is CC(C)OC(=O)C1CCn2c(C(=O)c3ccc([S+](C)[O-])cc3)ccc21. The van der Waals surface area contributed by atoms with Crippen LogP contribution in [-0.2, 0) is 27.3 Å². The first-order valence-corrected chi connectivity index (χ1v) is 9.82. The highest BCUT2D eigenvalue weighted by Gasteiger charge is 2.33. The maximum absolute atomic E-state index is 12.8. The molecule has 1 aromatic carbocycles. The van der Waals surface area contributed by atoms with Gasteiger partial charge in [0, 0.05) is 17.8 Å². The molecule has 2 unspecified atom stereocenters. The molecule has 2 heterocycles. The van der Waals surface area contributed by atoms with E-state index in [1.807, 2.05) is 24.5 Å². The predicted molar refractivity (Wildman–Crippen MR) is 95.2 cm³/mol. The summed E-state index contributed by atoms with van der Waals surface area (Å²) in [6.07, 6.45) is 2.10. The van der Waals surface area contributed by atoms with Crippen LogP contribution >= 0.6 is 0 Å². The van der Waals surface area contributed by atoms with Crippen molar-refractivity contribution in [3.63, 3.8) is 0 Å². The molecule has 0 spiro atoms. The number of ether oxygens (including phenoxy) is 1. The van der Waals surface area contributed by atoms with Crippen LogP contribution in [-0.4, -0.2) is 33.2 Å². The van der Waals surface area contributed by atoms with Crippen molar-refractivity contribution in [3.8, 4) is 0 Å². The van der Waals surface area contributed by atoms with E-state index in [0.717, 1.165) is 5.69 Å². The molecule has 0 fully saturated rings. The molecule has 0 saturated carbocycles. The molecule has 0 aliphatic carbocycles. The number of esters is 1. The van der Waals surface area contributed by atoms with Gasteiger partial charge in [0.05, 0.1) is 17.7 Å². The second-order valence-electron chi connectivity index (χ2n) is 6.43. The van der Waals surface area contributed by atoms with E-state index in [1.165, 1.54) is 0 Å². The standard InChI is InChI=1S/C19H21NO4S/c1-12(2)24-19(22)15-10-11-20-16(15)8-9-17(20)18(21)13-4-6-14(7-5-13)25(3)23/h4-9,12,15H,10-11H2,1-3H3. The fraction of sp³-hybridized carbons (Fsp3) is 0.368. The number of nitrogens with zero attached hydrogens (tertiary/aromatic N) is 1. The van der Waals surface area contributed by atoms with Gasteiger partial charge in [-0.05, 0) is 67.8 Å². The van der Waals surface area contributed by atoms with Crippen LogP contribution in [0, 0.1) is 0 Å². The van der Waals surface area contributed by atoms with E-state index in [0.29, 0.717) is 29.1 Å². The summed E-state index contributed by atoms with van der Waals surface area (Å²) in [5.74, 6) is -0.646. The Bertz CT molecular complexity index is 792. The number of fused-ring (bicyclic) bond motifs is 1. The van der Waals surface area contributed by atoms with Gasteiger partial charge in [-0.3, -0.25) is 9.59 Å². The highest BCUT2D eigenvalue weighted by molar-refractivity contribution is 7.90. The van der Waals surface area contributed by atoms with E-state index in [2.05, 4.69) is 0 Å². The first-order chi connectivity index (χ1) is 11.9. The van der Waals surface area contributed by atoms with Crippen LogP contribution in [0.25, 0.3) is 0 Å². The Labute approximate surface area is 150 Å². The number of rotatable bonds is 5. The smallest absolute Gasteiger partial charge is 0.315 e. The monoisotopic (exact) mass is 359 g/mol. The summed E-state index contributed by atoms with van der Waals surface area (Å²) in [5.41, 5.74) is 1.95. The Hall–Kier alpha value is -2.05. The summed E-state index contributed by atoms with van der Waals surface area (Å²) < 4.78 is 18.7. The van der Waals surface area contributed by atoms with Gasteiger partial charge in [0.25, 0.3) is 0 Å². The number of carbonyl (C=O) groups excluding carboxylic acids is 2. The van der Waals surface area contributed by atoms with Gasteiger partial charge < -0.3 is 13.9 Å². The van der Waals surface area contributed by atoms with Crippen LogP contribution < -0.4 is 0 Å². The molecular weight excluding hydrogens is 338 g/mol. The minimum Gasteiger partial charge on any atom is -0.612 e. The molecule has 2 atom stereocenters. The predicted octanol–water partition coefficient (Wildman–Crippen LogP) is 2.90. The van der Waals surface area contributed by atoms with Crippen molar-refractivity contribution < 1.29 is 18.9 Å². The second kappa shape index (κ2) is 7.06. The molecule has 0 N–H and O–H groups in total.